The minimum atomic E-state index is -3.82. The molecule has 3 rings (SSSR count). The van der Waals surface area contributed by atoms with Crippen molar-refractivity contribution in [1.82, 2.24) is 9.62 Å². The number of halogens is 3. The number of amides is 1. The number of rotatable bonds is 9. The molecule has 36 heavy (non-hydrogen) atoms. The van der Waals surface area contributed by atoms with Gasteiger partial charge in [0, 0.05) is 34.6 Å². The lowest BCUT2D eigenvalue weighted by Crippen LogP contribution is -2.39. The summed E-state index contributed by atoms with van der Waals surface area (Å²) in [6.07, 6.45) is 3.58. The zero-order valence-electron chi connectivity index (χ0n) is 21.0. The lowest BCUT2D eigenvalue weighted by atomic mass is 9.94. The Morgan fingerprint density at radius 1 is 1.19 bits per heavy atom. The third kappa shape index (κ3) is 7.57. The van der Waals surface area contributed by atoms with Crippen LogP contribution in [0, 0.1) is 11.7 Å². The fourth-order valence-electron chi connectivity index (χ4n) is 4.52. The van der Waals surface area contributed by atoms with Crippen LogP contribution >= 0.6 is 23.2 Å². The maximum atomic E-state index is 14.8. The Balaban J connectivity index is 1.75. The summed E-state index contributed by atoms with van der Waals surface area (Å²) in [5.74, 6) is -1.22. The van der Waals surface area contributed by atoms with Crippen molar-refractivity contribution in [3.63, 3.8) is 0 Å². The molecule has 1 amide bonds. The van der Waals surface area contributed by atoms with E-state index in [0.717, 1.165) is 44.2 Å². The van der Waals surface area contributed by atoms with Gasteiger partial charge in [-0.15, -0.1) is 0 Å². The smallest absolute Gasteiger partial charge is 0.267 e. The van der Waals surface area contributed by atoms with Crippen LogP contribution < -0.4 is 9.46 Å². The third-order valence-electron chi connectivity index (χ3n) is 6.71. The zero-order valence-corrected chi connectivity index (χ0v) is 23.3. The normalized spacial score (nSPS) is 18.5. The molecule has 10 heteroatoms. The van der Waals surface area contributed by atoms with Crippen molar-refractivity contribution in [2.24, 2.45) is 5.92 Å². The van der Waals surface area contributed by atoms with Gasteiger partial charge in [-0.05, 0) is 74.0 Å². The number of ether oxygens (including phenoxy) is 1. The number of nitrogens with zero attached hydrogens (tertiary/aromatic N) is 1. The summed E-state index contributed by atoms with van der Waals surface area (Å²) in [6, 6.07) is 8.30. The first-order valence-electron chi connectivity index (χ1n) is 12.1. The number of sulfonamides is 1. The SMILES string of the molecule is CCC(C)c1cc(C(=O)NS(C)(=O)=O)c(F)cc1OC[C@H]1CCCN([C@@H](C)c2cc(Cl)cc(Cl)c2)C1. The van der Waals surface area contributed by atoms with Crippen molar-refractivity contribution >= 4 is 39.1 Å². The largest absolute Gasteiger partial charge is 0.493 e. The second-order valence-corrected chi connectivity index (χ2v) is 12.2. The van der Waals surface area contributed by atoms with E-state index in [0.29, 0.717) is 28.0 Å². The van der Waals surface area contributed by atoms with Gasteiger partial charge in [-0.2, -0.15) is 0 Å². The van der Waals surface area contributed by atoms with Crippen molar-refractivity contribution < 1.29 is 22.3 Å². The zero-order chi connectivity index (χ0) is 26.6. The maximum absolute atomic E-state index is 14.8. The Labute approximate surface area is 223 Å². The molecule has 2 aromatic rings. The van der Waals surface area contributed by atoms with E-state index >= 15 is 0 Å². The topological polar surface area (TPSA) is 75.7 Å². The molecule has 6 nitrogen and oxygen atoms in total. The van der Waals surface area contributed by atoms with Crippen molar-refractivity contribution in [3.05, 3.63) is 62.9 Å². The van der Waals surface area contributed by atoms with Crippen LogP contribution in [0.1, 0.15) is 73.5 Å². The minimum Gasteiger partial charge on any atom is -0.493 e. The van der Waals surface area contributed by atoms with E-state index in [1.54, 1.807) is 6.07 Å². The number of carbonyl (C=O) groups excluding carboxylic acids is 1. The molecule has 2 aromatic carbocycles. The van der Waals surface area contributed by atoms with Crippen molar-refractivity contribution in [2.75, 3.05) is 26.0 Å². The quantitative estimate of drug-likeness (QED) is 0.397. The molecular weight excluding hydrogens is 526 g/mol. The van der Waals surface area contributed by atoms with Gasteiger partial charge in [-0.1, -0.05) is 37.0 Å². The van der Waals surface area contributed by atoms with E-state index < -0.39 is 21.7 Å². The standard InChI is InChI=1S/C26H33Cl2FN2O4S/c1-5-16(2)22-12-23(26(32)30-36(4,33)34)24(29)13-25(22)35-15-18-7-6-8-31(14-18)17(3)19-9-20(27)11-21(28)10-19/h9-13,16-18H,5-8,14-15H2,1-4H3,(H,30,32)/t16?,17-,18-/m0/s1. The molecule has 1 saturated heterocycles. The number of carbonyl (C=O) groups is 1. The van der Waals surface area contributed by atoms with Crippen LogP contribution in [-0.2, 0) is 10.0 Å². The molecule has 0 radical (unpaired) electrons. The van der Waals surface area contributed by atoms with Crippen molar-refractivity contribution in [3.8, 4) is 5.75 Å². The first-order valence-corrected chi connectivity index (χ1v) is 14.7. The minimum absolute atomic E-state index is 0.0131. The van der Waals surface area contributed by atoms with E-state index in [4.69, 9.17) is 27.9 Å². The summed E-state index contributed by atoms with van der Waals surface area (Å²) < 4.78 is 45.7. The van der Waals surface area contributed by atoms with E-state index in [1.165, 1.54) is 12.1 Å². The molecular formula is C26H33Cl2FN2O4S. The molecule has 1 heterocycles. The number of piperidine rings is 1. The van der Waals surface area contributed by atoms with E-state index in [1.807, 2.05) is 30.7 Å². The predicted molar refractivity (Wildman–Crippen MR) is 142 cm³/mol. The highest BCUT2D eigenvalue weighted by Crippen LogP contribution is 2.34. The Bertz CT molecular complexity index is 1190. The molecule has 0 saturated carbocycles. The molecule has 1 fully saturated rings. The summed E-state index contributed by atoms with van der Waals surface area (Å²) in [5.41, 5.74) is 1.41. The first-order chi connectivity index (χ1) is 16.9. The van der Waals surface area contributed by atoms with E-state index in [2.05, 4.69) is 11.8 Å². The van der Waals surface area contributed by atoms with Crippen LogP contribution in [0.15, 0.2) is 30.3 Å². The highest BCUT2D eigenvalue weighted by atomic mass is 35.5. The molecule has 1 unspecified atom stereocenters. The number of hydrogen-bond acceptors (Lipinski definition) is 5. The average molecular weight is 560 g/mol. The van der Waals surface area contributed by atoms with Crippen LogP contribution in [0.4, 0.5) is 4.39 Å². The molecule has 1 aliphatic heterocycles. The summed E-state index contributed by atoms with van der Waals surface area (Å²) in [4.78, 5) is 14.7. The number of benzene rings is 2. The predicted octanol–water partition coefficient (Wildman–Crippen LogP) is 6.19. The van der Waals surface area contributed by atoms with Crippen LogP contribution in [0.3, 0.4) is 0 Å². The van der Waals surface area contributed by atoms with Gasteiger partial charge in [0.25, 0.3) is 5.91 Å². The third-order valence-corrected chi connectivity index (χ3v) is 7.70. The maximum Gasteiger partial charge on any atom is 0.267 e. The second-order valence-electron chi connectivity index (χ2n) is 9.58. The van der Waals surface area contributed by atoms with Gasteiger partial charge in [0.15, 0.2) is 0 Å². The van der Waals surface area contributed by atoms with Crippen LogP contribution in [0.5, 0.6) is 5.75 Å². The highest BCUT2D eigenvalue weighted by Gasteiger charge is 2.27. The van der Waals surface area contributed by atoms with Gasteiger partial charge in [0.1, 0.15) is 11.6 Å². The summed E-state index contributed by atoms with van der Waals surface area (Å²) in [5, 5.41) is 1.21. The van der Waals surface area contributed by atoms with E-state index in [9.17, 15) is 17.6 Å². The van der Waals surface area contributed by atoms with Gasteiger partial charge < -0.3 is 4.74 Å². The second kappa shape index (κ2) is 12.1. The number of likely N-dealkylation sites (tertiary alicyclic amines) is 1. The lowest BCUT2D eigenvalue weighted by molar-refractivity contribution is 0.0975. The lowest BCUT2D eigenvalue weighted by Gasteiger charge is -2.37. The monoisotopic (exact) mass is 558 g/mol. The number of nitrogens with one attached hydrogen (secondary N) is 1. The Hall–Kier alpha value is -1.87. The summed E-state index contributed by atoms with van der Waals surface area (Å²) >= 11 is 12.4. The van der Waals surface area contributed by atoms with Gasteiger partial charge in [0.05, 0.1) is 18.4 Å². The first kappa shape index (κ1) is 28.7. The van der Waals surface area contributed by atoms with Crippen molar-refractivity contribution in [1.29, 1.82) is 0 Å². The van der Waals surface area contributed by atoms with Gasteiger partial charge in [-0.3, -0.25) is 9.69 Å². The molecule has 0 aliphatic carbocycles. The Kier molecular flexibility index (Phi) is 9.66. The molecule has 198 valence electrons. The fourth-order valence-corrected chi connectivity index (χ4v) is 5.51. The van der Waals surface area contributed by atoms with E-state index in [-0.39, 0.29) is 23.4 Å². The molecule has 1 N–H and O–H groups in total. The molecule has 0 bridgehead atoms. The van der Waals surface area contributed by atoms with Crippen molar-refractivity contribution in [2.45, 2.75) is 52.0 Å². The van der Waals surface area contributed by atoms with Crippen LogP contribution in [0.25, 0.3) is 0 Å². The molecule has 1 aliphatic rings. The van der Waals surface area contributed by atoms with Gasteiger partial charge in [-0.25, -0.2) is 17.5 Å². The Morgan fingerprint density at radius 3 is 2.47 bits per heavy atom. The molecule has 0 aromatic heterocycles. The molecule has 3 atom stereocenters. The summed E-state index contributed by atoms with van der Waals surface area (Å²) in [7, 11) is -3.82. The number of hydrogen-bond donors (Lipinski definition) is 1. The van der Waals surface area contributed by atoms with Crippen LogP contribution in [-0.4, -0.2) is 45.2 Å². The highest BCUT2D eigenvalue weighted by molar-refractivity contribution is 7.89. The molecule has 0 spiro atoms. The van der Waals surface area contributed by atoms with Crippen LogP contribution in [0.2, 0.25) is 10.0 Å². The van der Waals surface area contributed by atoms with Gasteiger partial charge >= 0.3 is 0 Å². The Morgan fingerprint density at radius 2 is 1.86 bits per heavy atom. The average Bonchev–Trinajstić information content (AvgIpc) is 2.80. The van der Waals surface area contributed by atoms with Gasteiger partial charge in [0.2, 0.25) is 10.0 Å². The fraction of sp³-hybridized carbons (Fsp3) is 0.500. The summed E-state index contributed by atoms with van der Waals surface area (Å²) in [6.45, 7) is 8.22.